The van der Waals surface area contributed by atoms with E-state index in [1.54, 1.807) is 16.2 Å². The Morgan fingerprint density at radius 1 is 1.28 bits per heavy atom. The highest BCUT2D eigenvalue weighted by molar-refractivity contribution is 7.09. The van der Waals surface area contributed by atoms with Gasteiger partial charge in [0.2, 0.25) is 0 Å². The standard InChI is InChI=1S/C17H27N5O2S/c1-4-22-16(24)21(11-10-19(2)3)15(23)17(22)5-8-20(9-6-17)13-14-18-7-12-25-14/h7,12H,4-6,8-11,13H2,1-3H3. The first kappa shape index (κ1) is 18.3. The molecule has 0 N–H and O–H groups in total. The number of rotatable bonds is 6. The van der Waals surface area contributed by atoms with Crippen molar-refractivity contribution < 1.29 is 9.59 Å². The van der Waals surface area contributed by atoms with Gasteiger partial charge in [0, 0.05) is 44.3 Å². The van der Waals surface area contributed by atoms with Gasteiger partial charge in [0.1, 0.15) is 10.5 Å². The summed E-state index contributed by atoms with van der Waals surface area (Å²) in [5.41, 5.74) is -0.641. The molecule has 1 aromatic rings. The monoisotopic (exact) mass is 365 g/mol. The lowest BCUT2D eigenvalue weighted by molar-refractivity contribution is -0.135. The second-order valence-electron chi connectivity index (χ2n) is 7.02. The zero-order valence-electron chi connectivity index (χ0n) is 15.3. The summed E-state index contributed by atoms with van der Waals surface area (Å²) in [7, 11) is 3.91. The predicted molar refractivity (Wildman–Crippen MR) is 97.4 cm³/mol. The van der Waals surface area contributed by atoms with Gasteiger partial charge in [0.25, 0.3) is 5.91 Å². The second kappa shape index (κ2) is 7.39. The third-order valence-electron chi connectivity index (χ3n) is 5.23. The van der Waals surface area contributed by atoms with Gasteiger partial charge in [-0.1, -0.05) is 0 Å². The van der Waals surface area contributed by atoms with Gasteiger partial charge in [-0.05, 0) is 33.9 Å². The third kappa shape index (κ3) is 3.43. The van der Waals surface area contributed by atoms with Crippen molar-refractivity contribution in [1.82, 2.24) is 24.6 Å². The Labute approximate surface area is 153 Å². The van der Waals surface area contributed by atoms with E-state index in [1.807, 2.05) is 37.5 Å². The summed E-state index contributed by atoms with van der Waals surface area (Å²) in [6, 6.07) is -0.122. The smallest absolute Gasteiger partial charge is 0.310 e. The van der Waals surface area contributed by atoms with Crippen LogP contribution in [-0.4, -0.2) is 88.9 Å². The predicted octanol–water partition coefficient (Wildman–Crippen LogP) is 1.32. The van der Waals surface area contributed by atoms with Crippen LogP contribution in [0.4, 0.5) is 4.79 Å². The Morgan fingerprint density at radius 3 is 2.56 bits per heavy atom. The molecule has 2 aliphatic rings. The molecule has 0 saturated carbocycles. The largest absolute Gasteiger partial charge is 0.327 e. The highest BCUT2D eigenvalue weighted by Crippen LogP contribution is 2.37. The van der Waals surface area contributed by atoms with Crippen LogP contribution in [0.25, 0.3) is 0 Å². The number of likely N-dealkylation sites (tertiary alicyclic amines) is 1. The summed E-state index contributed by atoms with van der Waals surface area (Å²) < 4.78 is 0. The number of carbonyl (C=O) groups is 2. The van der Waals surface area contributed by atoms with Crippen molar-refractivity contribution in [3.05, 3.63) is 16.6 Å². The number of hydrogen-bond acceptors (Lipinski definition) is 6. The molecule has 2 saturated heterocycles. The van der Waals surface area contributed by atoms with Crippen molar-refractivity contribution in [2.24, 2.45) is 0 Å². The number of piperidine rings is 1. The molecule has 25 heavy (non-hydrogen) atoms. The molecule has 1 spiro atoms. The molecule has 3 heterocycles. The lowest BCUT2D eigenvalue weighted by atomic mass is 9.86. The summed E-state index contributed by atoms with van der Waals surface area (Å²) in [4.78, 5) is 37.8. The van der Waals surface area contributed by atoms with E-state index in [-0.39, 0.29) is 11.9 Å². The zero-order chi connectivity index (χ0) is 18.0. The average Bonchev–Trinajstić information content (AvgIpc) is 3.15. The van der Waals surface area contributed by atoms with E-state index >= 15 is 0 Å². The van der Waals surface area contributed by atoms with Crippen molar-refractivity contribution >= 4 is 23.3 Å². The maximum absolute atomic E-state index is 13.1. The Hall–Kier alpha value is -1.51. The van der Waals surface area contributed by atoms with E-state index in [4.69, 9.17) is 0 Å². The molecule has 3 rings (SSSR count). The number of imide groups is 1. The number of urea groups is 1. The van der Waals surface area contributed by atoms with Gasteiger partial charge < -0.3 is 9.80 Å². The van der Waals surface area contributed by atoms with Crippen LogP contribution < -0.4 is 0 Å². The van der Waals surface area contributed by atoms with E-state index in [0.29, 0.717) is 32.5 Å². The van der Waals surface area contributed by atoms with Crippen LogP contribution in [0.2, 0.25) is 0 Å². The average molecular weight is 366 g/mol. The van der Waals surface area contributed by atoms with Crippen molar-refractivity contribution in [2.75, 3.05) is 46.8 Å². The molecule has 138 valence electrons. The lowest BCUT2D eigenvalue weighted by Crippen LogP contribution is -2.56. The first-order chi connectivity index (χ1) is 12.0. The lowest BCUT2D eigenvalue weighted by Gasteiger charge is -2.41. The highest BCUT2D eigenvalue weighted by atomic mass is 32.1. The Morgan fingerprint density at radius 2 is 2.00 bits per heavy atom. The molecule has 7 nitrogen and oxygen atoms in total. The van der Waals surface area contributed by atoms with Gasteiger partial charge in [0.15, 0.2) is 0 Å². The van der Waals surface area contributed by atoms with Crippen molar-refractivity contribution in [2.45, 2.75) is 31.8 Å². The van der Waals surface area contributed by atoms with Crippen LogP contribution in [0.1, 0.15) is 24.8 Å². The second-order valence-corrected chi connectivity index (χ2v) is 8.00. The summed E-state index contributed by atoms with van der Waals surface area (Å²) in [5.74, 6) is -0.00454. The van der Waals surface area contributed by atoms with Gasteiger partial charge in [0.05, 0.1) is 6.54 Å². The van der Waals surface area contributed by atoms with Crippen LogP contribution in [0, 0.1) is 0 Å². The number of likely N-dealkylation sites (N-methyl/N-ethyl adjacent to an activating group) is 2. The van der Waals surface area contributed by atoms with Crippen LogP contribution in [0.15, 0.2) is 11.6 Å². The molecule has 0 radical (unpaired) electrons. The van der Waals surface area contributed by atoms with Crippen molar-refractivity contribution in [3.8, 4) is 0 Å². The summed E-state index contributed by atoms with van der Waals surface area (Å²) >= 11 is 1.66. The van der Waals surface area contributed by atoms with E-state index in [9.17, 15) is 9.59 Å². The fourth-order valence-electron chi connectivity index (χ4n) is 3.80. The molecule has 0 aromatic carbocycles. The van der Waals surface area contributed by atoms with Crippen molar-refractivity contribution in [1.29, 1.82) is 0 Å². The van der Waals surface area contributed by atoms with Crippen LogP contribution in [0.3, 0.4) is 0 Å². The highest BCUT2D eigenvalue weighted by Gasteiger charge is 2.57. The first-order valence-electron chi connectivity index (χ1n) is 8.87. The minimum atomic E-state index is -0.641. The molecular formula is C17H27N5O2S. The van der Waals surface area contributed by atoms with Gasteiger partial charge in [-0.3, -0.25) is 14.6 Å². The molecule has 2 aliphatic heterocycles. The molecule has 8 heteroatoms. The molecule has 0 aliphatic carbocycles. The number of carbonyl (C=O) groups excluding carboxylic acids is 2. The number of nitrogens with zero attached hydrogens (tertiary/aromatic N) is 5. The van der Waals surface area contributed by atoms with E-state index in [0.717, 1.165) is 24.6 Å². The third-order valence-corrected chi connectivity index (χ3v) is 6.00. The minimum Gasteiger partial charge on any atom is -0.310 e. The minimum absolute atomic E-state index is 0.00454. The van der Waals surface area contributed by atoms with Crippen LogP contribution in [0.5, 0.6) is 0 Å². The summed E-state index contributed by atoms with van der Waals surface area (Å²) in [6.45, 7) is 6.16. The number of hydrogen-bond donors (Lipinski definition) is 0. The fraction of sp³-hybridized carbons (Fsp3) is 0.706. The molecule has 2 fully saturated rings. The first-order valence-corrected chi connectivity index (χ1v) is 9.75. The maximum Gasteiger partial charge on any atom is 0.327 e. The maximum atomic E-state index is 13.1. The Kier molecular flexibility index (Phi) is 5.41. The van der Waals surface area contributed by atoms with E-state index in [1.165, 1.54) is 4.90 Å². The van der Waals surface area contributed by atoms with E-state index < -0.39 is 5.54 Å². The molecule has 0 bridgehead atoms. The van der Waals surface area contributed by atoms with Crippen molar-refractivity contribution in [3.63, 3.8) is 0 Å². The topological polar surface area (TPSA) is 60.0 Å². The van der Waals surface area contributed by atoms with Gasteiger partial charge in [-0.2, -0.15) is 0 Å². The quantitative estimate of drug-likeness (QED) is 0.712. The molecule has 0 atom stereocenters. The zero-order valence-corrected chi connectivity index (χ0v) is 16.1. The van der Waals surface area contributed by atoms with Crippen LogP contribution >= 0.6 is 11.3 Å². The normalized spacial score (nSPS) is 21.1. The van der Waals surface area contributed by atoms with Gasteiger partial charge in [-0.15, -0.1) is 11.3 Å². The summed E-state index contributed by atoms with van der Waals surface area (Å²) in [6.07, 6.45) is 3.23. The molecule has 3 amide bonds. The van der Waals surface area contributed by atoms with Gasteiger partial charge >= 0.3 is 6.03 Å². The molecular weight excluding hydrogens is 338 g/mol. The fourth-order valence-corrected chi connectivity index (χ4v) is 4.46. The number of aromatic nitrogens is 1. The Balaban J connectivity index is 1.69. The molecule has 0 unspecified atom stereocenters. The summed E-state index contributed by atoms with van der Waals surface area (Å²) in [5, 5.41) is 3.09. The van der Waals surface area contributed by atoms with Crippen LogP contribution in [-0.2, 0) is 11.3 Å². The van der Waals surface area contributed by atoms with E-state index in [2.05, 4.69) is 9.88 Å². The SMILES string of the molecule is CCN1C(=O)N(CCN(C)C)C(=O)C12CCN(Cc1nccs1)CC2. The van der Waals surface area contributed by atoms with Gasteiger partial charge in [-0.25, -0.2) is 9.78 Å². The number of thiazole rings is 1. The number of amides is 3. The molecule has 1 aromatic heterocycles. The Bertz CT molecular complexity index is 611.